The number of fused-ring (bicyclic) bond motifs is 1. The Morgan fingerprint density at radius 3 is 2.59 bits per heavy atom. The number of para-hydroxylation sites is 1. The molecule has 0 saturated carbocycles. The zero-order valence-electron chi connectivity index (χ0n) is 20.2. The van der Waals surface area contributed by atoms with Gasteiger partial charge in [-0.1, -0.05) is 47.1 Å². The van der Waals surface area contributed by atoms with Crippen LogP contribution in [0.1, 0.15) is 31.4 Å². The molecule has 37 heavy (non-hydrogen) atoms. The van der Waals surface area contributed by atoms with Crippen LogP contribution in [-0.4, -0.2) is 29.1 Å². The quantitative estimate of drug-likeness (QED) is 0.225. The fourth-order valence-electron chi connectivity index (χ4n) is 3.62. The van der Waals surface area contributed by atoms with Gasteiger partial charge in [-0.15, -0.1) is 0 Å². The van der Waals surface area contributed by atoms with Crippen molar-refractivity contribution in [2.75, 3.05) is 7.11 Å². The van der Waals surface area contributed by atoms with Gasteiger partial charge in [0, 0.05) is 15.6 Å². The van der Waals surface area contributed by atoms with E-state index in [-0.39, 0.29) is 22.9 Å². The maximum absolute atomic E-state index is 13.4. The Kier molecular flexibility index (Phi) is 7.68. The summed E-state index contributed by atoms with van der Waals surface area (Å²) in [5.41, 5.74) is -0.444. The molecule has 6 nitrogen and oxygen atoms in total. The molecule has 0 spiro atoms. The van der Waals surface area contributed by atoms with E-state index in [4.69, 9.17) is 9.47 Å². The predicted octanol–water partition coefficient (Wildman–Crippen LogP) is 6.91. The molecule has 1 heterocycles. The lowest BCUT2D eigenvalue weighted by atomic mass is 10.1. The van der Waals surface area contributed by atoms with Crippen LogP contribution in [0.4, 0.5) is 13.2 Å². The van der Waals surface area contributed by atoms with Gasteiger partial charge in [0.05, 0.1) is 35.9 Å². The Balaban J connectivity index is 1.94. The van der Waals surface area contributed by atoms with E-state index in [1.165, 1.54) is 25.5 Å². The molecule has 1 atom stereocenters. The minimum absolute atomic E-state index is 0.0302. The maximum atomic E-state index is 13.4. The molecular formula is C27H23BrF3N3O3. The molecule has 4 aromatic rings. The number of halogens is 4. The molecule has 10 heteroatoms. The van der Waals surface area contributed by atoms with E-state index in [1.807, 2.05) is 13.8 Å². The first kappa shape index (κ1) is 26.4. The molecule has 0 aliphatic heterocycles. The zero-order chi connectivity index (χ0) is 26.7. The van der Waals surface area contributed by atoms with E-state index < -0.39 is 17.3 Å². The standard InChI is InChI=1S/C27H23BrF3N3O3/c1-4-16(2)37-24-18(13-20(28)14-23(24)36-3)15-32-34-25(17-8-7-9-19(12-17)27(29,30)31)33-22-11-6-5-10-21(22)26(34)35/h5-16H,4H2,1-3H3/t16-/m1/s1. The van der Waals surface area contributed by atoms with Gasteiger partial charge in [0.15, 0.2) is 17.3 Å². The first-order valence-electron chi connectivity index (χ1n) is 11.4. The molecule has 0 aliphatic rings. The van der Waals surface area contributed by atoms with Gasteiger partial charge in [0.2, 0.25) is 0 Å². The van der Waals surface area contributed by atoms with Crippen molar-refractivity contribution in [3.05, 3.63) is 86.6 Å². The van der Waals surface area contributed by atoms with Crippen molar-refractivity contribution in [2.24, 2.45) is 5.10 Å². The highest BCUT2D eigenvalue weighted by Crippen LogP contribution is 2.35. The first-order valence-corrected chi connectivity index (χ1v) is 12.2. The molecule has 0 unspecified atom stereocenters. The van der Waals surface area contributed by atoms with Crippen LogP contribution in [0.25, 0.3) is 22.3 Å². The highest BCUT2D eigenvalue weighted by Gasteiger charge is 2.31. The average molecular weight is 574 g/mol. The van der Waals surface area contributed by atoms with Gasteiger partial charge >= 0.3 is 6.18 Å². The van der Waals surface area contributed by atoms with Crippen LogP contribution >= 0.6 is 15.9 Å². The van der Waals surface area contributed by atoms with Crippen LogP contribution < -0.4 is 15.0 Å². The maximum Gasteiger partial charge on any atom is 0.416 e. The summed E-state index contributed by atoms with van der Waals surface area (Å²) < 4.78 is 53.5. The number of aromatic nitrogens is 2. The highest BCUT2D eigenvalue weighted by molar-refractivity contribution is 9.10. The van der Waals surface area contributed by atoms with Gasteiger partial charge in [0.1, 0.15) is 0 Å². The van der Waals surface area contributed by atoms with Gasteiger partial charge in [-0.3, -0.25) is 4.79 Å². The highest BCUT2D eigenvalue weighted by atomic mass is 79.9. The molecule has 0 amide bonds. The summed E-state index contributed by atoms with van der Waals surface area (Å²) in [6.07, 6.45) is -2.55. The van der Waals surface area contributed by atoms with E-state index in [1.54, 1.807) is 36.4 Å². The summed E-state index contributed by atoms with van der Waals surface area (Å²) in [5, 5.41) is 4.66. The van der Waals surface area contributed by atoms with E-state index >= 15 is 0 Å². The van der Waals surface area contributed by atoms with Crippen molar-refractivity contribution in [3.63, 3.8) is 0 Å². The smallest absolute Gasteiger partial charge is 0.416 e. The van der Waals surface area contributed by atoms with Gasteiger partial charge < -0.3 is 9.47 Å². The Hall–Kier alpha value is -3.66. The predicted molar refractivity (Wildman–Crippen MR) is 141 cm³/mol. The Bertz CT molecular complexity index is 1530. The summed E-state index contributed by atoms with van der Waals surface area (Å²) in [7, 11) is 1.51. The number of benzene rings is 3. The van der Waals surface area contributed by atoms with Gasteiger partial charge in [-0.2, -0.15) is 22.9 Å². The number of hydrogen-bond acceptors (Lipinski definition) is 5. The SMILES string of the molecule is CC[C@@H](C)Oc1c(C=Nn2c(-c3cccc(C(F)(F)F)c3)nc3ccccc3c2=O)cc(Br)cc1OC. The average Bonchev–Trinajstić information content (AvgIpc) is 2.88. The van der Waals surface area contributed by atoms with Crippen molar-refractivity contribution >= 4 is 33.0 Å². The Morgan fingerprint density at radius 2 is 1.89 bits per heavy atom. The second-order valence-electron chi connectivity index (χ2n) is 8.26. The minimum Gasteiger partial charge on any atom is -0.493 e. The lowest BCUT2D eigenvalue weighted by molar-refractivity contribution is -0.137. The number of hydrogen-bond donors (Lipinski definition) is 0. The molecule has 0 N–H and O–H groups in total. The molecule has 1 aromatic heterocycles. The normalized spacial score (nSPS) is 12.7. The Labute approximate surface area is 219 Å². The van der Waals surface area contributed by atoms with Crippen molar-refractivity contribution in [1.29, 1.82) is 0 Å². The number of alkyl halides is 3. The van der Waals surface area contributed by atoms with Crippen LogP contribution in [0.15, 0.2) is 75.0 Å². The topological polar surface area (TPSA) is 65.7 Å². The summed E-state index contributed by atoms with van der Waals surface area (Å²) >= 11 is 3.44. The second kappa shape index (κ2) is 10.8. The largest absolute Gasteiger partial charge is 0.493 e. The lowest BCUT2D eigenvalue weighted by Crippen LogP contribution is -2.20. The van der Waals surface area contributed by atoms with E-state index in [0.29, 0.717) is 27.1 Å². The third kappa shape index (κ3) is 5.69. The third-order valence-electron chi connectivity index (χ3n) is 5.68. The third-order valence-corrected chi connectivity index (χ3v) is 6.13. The zero-order valence-corrected chi connectivity index (χ0v) is 21.8. The van der Waals surface area contributed by atoms with E-state index in [0.717, 1.165) is 23.2 Å². The molecule has 0 radical (unpaired) electrons. The van der Waals surface area contributed by atoms with Gasteiger partial charge in [-0.05, 0) is 49.7 Å². The lowest BCUT2D eigenvalue weighted by Gasteiger charge is -2.18. The monoisotopic (exact) mass is 573 g/mol. The van der Waals surface area contributed by atoms with Crippen molar-refractivity contribution < 1.29 is 22.6 Å². The van der Waals surface area contributed by atoms with Crippen LogP contribution in [0.3, 0.4) is 0 Å². The van der Waals surface area contributed by atoms with Crippen LogP contribution in [0, 0.1) is 0 Å². The molecule has 3 aromatic carbocycles. The molecule has 0 saturated heterocycles. The molecule has 192 valence electrons. The van der Waals surface area contributed by atoms with Crippen LogP contribution in [0.2, 0.25) is 0 Å². The fourth-order valence-corrected chi connectivity index (χ4v) is 4.07. The second-order valence-corrected chi connectivity index (χ2v) is 9.17. The molecule has 0 fully saturated rings. The van der Waals surface area contributed by atoms with Crippen LogP contribution in [-0.2, 0) is 6.18 Å². The minimum atomic E-state index is -4.56. The summed E-state index contributed by atoms with van der Waals surface area (Å²) in [4.78, 5) is 17.9. The molecule has 0 aliphatic carbocycles. The summed E-state index contributed by atoms with van der Waals surface area (Å²) in [5.74, 6) is 0.849. The van der Waals surface area contributed by atoms with Gasteiger partial charge in [0.25, 0.3) is 5.56 Å². The number of nitrogens with zero attached hydrogens (tertiary/aromatic N) is 3. The Morgan fingerprint density at radius 1 is 1.14 bits per heavy atom. The van der Waals surface area contributed by atoms with Gasteiger partial charge in [-0.25, -0.2) is 4.98 Å². The van der Waals surface area contributed by atoms with Crippen molar-refractivity contribution in [3.8, 4) is 22.9 Å². The first-order chi connectivity index (χ1) is 17.6. The summed E-state index contributed by atoms with van der Waals surface area (Å²) in [6, 6.07) is 14.7. The van der Waals surface area contributed by atoms with E-state index in [2.05, 4.69) is 26.0 Å². The molecule has 4 rings (SSSR count). The van der Waals surface area contributed by atoms with Crippen molar-refractivity contribution in [2.45, 2.75) is 32.5 Å². The van der Waals surface area contributed by atoms with E-state index in [9.17, 15) is 18.0 Å². The van der Waals surface area contributed by atoms with Crippen LogP contribution in [0.5, 0.6) is 11.5 Å². The number of methoxy groups -OCH3 is 1. The number of rotatable bonds is 7. The molecular weight excluding hydrogens is 551 g/mol. The summed E-state index contributed by atoms with van der Waals surface area (Å²) in [6.45, 7) is 3.89. The fraction of sp³-hybridized carbons (Fsp3) is 0.222. The van der Waals surface area contributed by atoms with Crippen molar-refractivity contribution in [1.82, 2.24) is 9.66 Å². The number of ether oxygens (including phenoxy) is 2. The molecule has 0 bridgehead atoms.